The van der Waals surface area contributed by atoms with E-state index < -0.39 is 31.7 Å². The van der Waals surface area contributed by atoms with Gasteiger partial charge >= 0.3 is 0 Å². The highest BCUT2D eigenvalue weighted by molar-refractivity contribution is 7.88. The maximum atomic E-state index is 10.6. The van der Waals surface area contributed by atoms with Crippen molar-refractivity contribution in [2.75, 3.05) is 13.1 Å². The first kappa shape index (κ1) is 10.1. The summed E-state index contributed by atoms with van der Waals surface area (Å²) in [6.45, 7) is 0.156. The lowest BCUT2D eigenvalue weighted by Crippen LogP contribution is -2.35. The van der Waals surface area contributed by atoms with Gasteiger partial charge in [-0.25, -0.2) is 4.21 Å². The molecule has 1 saturated heterocycles. The molecule has 3 atom stereocenters. The van der Waals surface area contributed by atoms with Crippen molar-refractivity contribution in [1.82, 2.24) is 5.32 Å². The van der Waals surface area contributed by atoms with E-state index in [1.54, 1.807) is 0 Å². The van der Waals surface area contributed by atoms with Gasteiger partial charge in [-0.15, -0.1) is 0 Å². The van der Waals surface area contributed by atoms with Gasteiger partial charge in [0.25, 0.3) is 10.1 Å². The fraction of sp³-hybridized carbons (Fsp3) is 1.00. The third kappa shape index (κ3) is 2.02. The highest BCUT2D eigenvalue weighted by Gasteiger charge is 2.39. The van der Waals surface area contributed by atoms with Gasteiger partial charge in [0.2, 0.25) is 0 Å². The minimum absolute atomic E-state index is 0.0236. The lowest BCUT2D eigenvalue weighted by atomic mass is 10.4. The predicted octanol–water partition coefficient (Wildman–Crippen LogP) is -1.56. The van der Waals surface area contributed by atoms with Gasteiger partial charge < -0.3 is 9.87 Å². The van der Waals surface area contributed by atoms with Crippen molar-refractivity contribution >= 4 is 21.2 Å². The molecule has 1 aliphatic heterocycles. The standard InChI is InChI=1S/C4H9NO5S2/c6-11(7)3-1-5-2-4(3)12(8,9)10/h3-5H,1-2H2,(H,6,7)(H,8,9,10). The first-order valence-electron chi connectivity index (χ1n) is 3.19. The Labute approximate surface area is 72.4 Å². The normalized spacial score (nSPS) is 33.5. The van der Waals surface area contributed by atoms with Gasteiger partial charge in [-0.1, -0.05) is 0 Å². The summed E-state index contributed by atoms with van der Waals surface area (Å²) in [7, 11) is -4.21. The third-order valence-electron chi connectivity index (χ3n) is 1.75. The Morgan fingerprint density at radius 2 is 2.00 bits per heavy atom. The van der Waals surface area contributed by atoms with Crippen LogP contribution in [0.4, 0.5) is 0 Å². The van der Waals surface area contributed by atoms with Crippen LogP contribution in [0.5, 0.6) is 0 Å². The molecule has 12 heavy (non-hydrogen) atoms. The molecule has 3 unspecified atom stereocenters. The molecular formula is C4H9NO5S2. The predicted molar refractivity (Wildman–Crippen MR) is 42.8 cm³/mol. The molecule has 0 aliphatic carbocycles. The molecule has 0 aromatic heterocycles. The van der Waals surface area contributed by atoms with E-state index in [9.17, 15) is 12.6 Å². The van der Waals surface area contributed by atoms with Crippen LogP contribution in [0.15, 0.2) is 0 Å². The number of rotatable bonds is 2. The van der Waals surface area contributed by atoms with E-state index >= 15 is 0 Å². The molecule has 1 fully saturated rings. The van der Waals surface area contributed by atoms with Crippen LogP contribution in [0.1, 0.15) is 0 Å². The Morgan fingerprint density at radius 1 is 1.42 bits per heavy atom. The van der Waals surface area contributed by atoms with E-state index in [0.717, 1.165) is 0 Å². The van der Waals surface area contributed by atoms with Crippen molar-refractivity contribution in [1.29, 1.82) is 0 Å². The van der Waals surface area contributed by atoms with E-state index in [-0.39, 0.29) is 13.1 Å². The highest BCUT2D eigenvalue weighted by Crippen LogP contribution is 2.13. The van der Waals surface area contributed by atoms with Gasteiger partial charge in [-0.2, -0.15) is 8.42 Å². The SMILES string of the molecule is O=S(O)C1CNCC1S(=O)(=O)O. The van der Waals surface area contributed by atoms with E-state index in [4.69, 9.17) is 9.11 Å². The molecule has 1 rings (SSSR count). The first-order valence-corrected chi connectivity index (χ1v) is 5.87. The Balaban J connectivity index is 2.85. The van der Waals surface area contributed by atoms with Crippen LogP contribution in [0.25, 0.3) is 0 Å². The van der Waals surface area contributed by atoms with Gasteiger partial charge in [-0.3, -0.25) is 4.55 Å². The molecule has 0 radical (unpaired) electrons. The van der Waals surface area contributed by atoms with Crippen LogP contribution in [-0.2, 0) is 21.2 Å². The summed E-state index contributed by atoms with van der Waals surface area (Å²) in [6, 6.07) is 0. The Bertz CT molecular complexity index is 286. The Hall–Kier alpha value is -0.0200. The third-order valence-corrected chi connectivity index (χ3v) is 4.19. The molecular weight excluding hydrogens is 206 g/mol. The fourth-order valence-corrected chi connectivity index (χ4v) is 3.26. The molecule has 0 aromatic carbocycles. The minimum atomic E-state index is -4.21. The van der Waals surface area contributed by atoms with E-state index in [2.05, 4.69) is 5.32 Å². The zero-order chi connectivity index (χ0) is 9.35. The summed E-state index contributed by atoms with van der Waals surface area (Å²) >= 11 is -2.22. The quantitative estimate of drug-likeness (QED) is 0.380. The van der Waals surface area contributed by atoms with Crippen LogP contribution in [-0.4, -0.2) is 45.3 Å². The second-order valence-electron chi connectivity index (χ2n) is 2.53. The van der Waals surface area contributed by atoms with Crippen molar-refractivity contribution in [3.05, 3.63) is 0 Å². The van der Waals surface area contributed by atoms with Crippen molar-refractivity contribution < 1.29 is 21.7 Å². The molecule has 0 amide bonds. The fourth-order valence-electron chi connectivity index (χ4n) is 1.13. The summed E-state index contributed by atoms with van der Waals surface area (Å²) in [5.74, 6) is 0. The van der Waals surface area contributed by atoms with Gasteiger partial charge in [0, 0.05) is 13.1 Å². The lowest BCUT2D eigenvalue weighted by molar-refractivity contribution is 0.467. The van der Waals surface area contributed by atoms with Crippen molar-refractivity contribution in [3.8, 4) is 0 Å². The molecule has 0 aromatic rings. The number of hydrogen-bond acceptors (Lipinski definition) is 4. The maximum Gasteiger partial charge on any atom is 0.270 e. The van der Waals surface area contributed by atoms with Gasteiger partial charge in [-0.05, 0) is 0 Å². The summed E-state index contributed by atoms with van der Waals surface area (Å²) < 4.78 is 49.1. The lowest BCUT2D eigenvalue weighted by Gasteiger charge is -2.10. The monoisotopic (exact) mass is 215 g/mol. The van der Waals surface area contributed by atoms with E-state index in [1.165, 1.54) is 0 Å². The summed E-state index contributed by atoms with van der Waals surface area (Å²) in [5.41, 5.74) is 0. The summed E-state index contributed by atoms with van der Waals surface area (Å²) in [5, 5.41) is 0.524. The summed E-state index contributed by atoms with van der Waals surface area (Å²) in [6.07, 6.45) is 0. The molecule has 72 valence electrons. The van der Waals surface area contributed by atoms with Gasteiger partial charge in [0.1, 0.15) is 5.25 Å². The molecule has 3 N–H and O–H groups in total. The topological polar surface area (TPSA) is 104 Å². The largest absolute Gasteiger partial charge is 0.314 e. The average molecular weight is 215 g/mol. The summed E-state index contributed by atoms with van der Waals surface area (Å²) in [4.78, 5) is 0. The zero-order valence-electron chi connectivity index (χ0n) is 6.00. The number of hydrogen-bond donors (Lipinski definition) is 3. The zero-order valence-corrected chi connectivity index (χ0v) is 7.64. The smallest absolute Gasteiger partial charge is 0.270 e. The minimum Gasteiger partial charge on any atom is -0.314 e. The van der Waals surface area contributed by atoms with Crippen molar-refractivity contribution in [3.63, 3.8) is 0 Å². The molecule has 6 nitrogen and oxygen atoms in total. The molecule has 0 bridgehead atoms. The number of nitrogens with one attached hydrogen (secondary N) is 1. The van der Waals surface area contributed by atoms with Crippen molar-refractivity contribution in [2.45, 2.75) is 10.5 Å². The van der Waals surface area contributed by atoms with Crippen molar-refractivity contribution in [2.24, 2.45) is 0 Å². The van der Waals surface area contributed by atoms with E-state index in [1.807, 2.05) is 0 Å². The molecule has 1 heterocycles. The second-order valence-corrected chi connectivity index (χ2v) is 5.32. The van der Waals surface area contributed by atoms with Gasteiger partial charge in [0.15, 0.2) is 11.1 Å². The van der Waals surface area contributed by atoms with Crippen LogP contribution < -0.4 is 5.32 Å². The molecule has 1 aliphatic rings. The average Bonchev–Trinajstić information content (AvgIpc) is 2.30. The maximum absolute atomic E-state index is 10.6. The first-order chi connectivity index (χ1) is 5.43. The van der Waals surface area contributed by atoms with Crippen LogP contribution in [0.2, 0.25) is 0 Å². The second kappa shape index (κ2) is 3.38. The Morgan fingerprint density at radius 3 is 2.33 bits per heavy atom. The van der Waals surface area contributed by atoms with E-state index in [0.29, 0.717) is 0 Å². The molecule has 0 spiro atoms. The highest BCUT2D eigenvalue weighted by atomic mass is 32.2. The Kier molecular flexibility index (Phi) is 2.84. The van der Waals surface area contributed by atoms with Crippen LogP contribution in [0, 0.1) is 0 Å². The van der Waals surface area contributed by atoms with Gasteiger partial charge in [0.05, 0.1) is 5.25 Å². The molecule has 8 heteroatoms. The van der Waals surface area contributed by atoms with Crippen LogP contribution >= 0.6 is 0 Å². The molecule has 0 saturated carbocycles. The van der Waals surface area contributed by atoms with Crippen LogP contribution in [0.3, 0.4) is 0 Å².